The zero-order valence-corrected chi connectivity index (χ0v) is 12.9. The Bertz CT molecular complexity index is 733. The molecule has 1 atom stereocenters. The summed E-state index contributed by atoms with van der Waals surface area (Å²) in [5.74, 6) is 1.09. The Morgan fingerprint density at radius 1 is 1.00 bits per heavy atom. The number of nitrogens with one attached hydrogen (secondary N) is 2. The van der Waals surface area contributed by atoms with E-state index in [4.69, 9.17) is 21.1 Å². The Morgan fingerprint density at radius 2 is 1.77 bits per heavy atom. The maximum Gasteiger partial charge on any atom is 0.255 e. The van der Waals surface area contributed by atoms with Gasteiger partial charge in [-0.1, -0.05) is 17.7 Å². The first-order valence-electron chi connectivity index (χ1n) is 6.71. The number of carbonyl (C=O) groups is 1. The van der Waals surface area contributed by atoms with Crippen LogP contribution in [-0.2, 0) is 0 Å². The molecule has 0 saturated heterocycles. The molecule has 1 aliphatic heterocycles. The minimum Gasteiger partial charge on any atom is -0.493 e. The van der Waals surface area contributed by atoms with Crippen molar-refractivity contribution in [1.82, 2.24) is 5.32 Å². The summed E-state index contributed by atoms with van der Waals surface area (Å²) in [6.45, 7) is 0. The molecule has 1 amide bonds. The number of hydrogen-bond acceptors (Lipinski definition) is 4. The molecule has 0 radical (unpaired) electrons. The van der Waals surface area contributed by atoms with Crippen LogP contribution in [0.1, 0.15) is 22.1 Å². The summed E-state index contributed by atoms with van der Waals surface area (Å²) in [5, 5.41) is 6.74. The normalized spacial score (nSPS) is 16.3. The van der Waals surface area contributed by atoms with E-state index in [-0.39, 0.29) is 12.1 Å². The van der Waals surface area contributed by atoms with Crippen molar-refractivity contribution in [2.45, 2.75) is 6.17 Å². The van der Waals surface area contributed by atoms with E-state index >= 15 is 0 Å². The minimum absolute atomic E-state index is 0.148. The minimum atomic E-state index is -0.363. The highest BCUT2D eigenvalue weighted by molar-refractivity contribution is 6.31. The van der Waals surface area contributed by atoms with Crippen LogP contribution in [0.3, 0.4) is 0 Å². The number of fused-ring (bicyclic) bond motifs is 1. The highest BCUT2D eigenvalue weighted by atomic mass is 35.5. The van der Waals surface area contributed by atoms with Crippen LogP contribution in [0.5, 0.6) is 11.5 Å². The van der Waals surface area contributed by atoms with E-state index in [9.17, 15) is 4.79 Å². The van der Waals surface area contributed by atoms with Gasteiger partial charge >= 0.3 is 0 Å². The number of amides is 1. The monoisotopic (exact) mass is 318 g/mol. The van der Waals surface area contributed by atoms with Crippen molar-refractivity contribution in [3.8, 4) is 11.5 Å². The summed E-state index contributed by atoms with van der Waals surface area (Å²) in [4.78, 5) is 12.2. The third kappa shape index (κ3) is 2.55. The fraction of sp³-hybridized carbons (Fsp3) is 0.188. The van der Waals surface area contributed by atoms with E-state index in [1.165, 1.54) is 0 Å². The third-order valence-electron chi connectivity index (χ3n) is 3.54. The van der Waals surface area contributed by atoms with Gasteiger partial charge in [-0.15, -0.1) is 0 Å². The van der Waals surface area contributed by atoms with Crippen molar-refractivity contribution >= 4 is 23.2 Å². The topological polar surface area (TPSA) is 59.6 Å². The molecule has 0 saturated carbocycles. The Labute approximate surface area is 133 Å². The lowest BCUT2D eigenvalue weighted by Crippen LogP contribution is -2.38. The fourth-order valence-corrected chi connectivity index (χ4v) is 2.61. The predicted molar refractivity (Wildman–Crippen MR) is 84.8 cm³/mol. The van der Waals surface area contributed by atoms with Crippen LogP contribution in [0.15, 0.2) is 36.4 Å². The second-order valence-electron chi connectivity index (χ2n) is 4.86. The van der Waals surface area contributed by atoms with Crippen molar-refractivity contribution in [1.29, 1.82) is 0 Å². The van der Waals surface area contributed by atoms with E-state index in [1.54, 1.807) is 38.5 Å². The number of rotatable bonds is 3. The van der Waals surface area contributed by atoms with Crippen molar-refractivity contribution in [2.75, 3.05) is 19.5 Å². The second-order valence-corrected chi connectivity index (χ2v) is 5.29. The highest BCUT2D eigenvalue weighted by Gasteiger charge is 2.25. The molecular formula is C16H15ClN2O3. The number of halogens is 1. The molecule has 0 unspecified atom stereocenters. The first-order valence-corrected chi connectivity index (χ1v) is 7.09. The second kappa shape index (κ2) is 5.77. The number of carbonyl (C=O) groups excluding carboxylic acids is 1. The van der Waals surface area contributed by atoms with Gasteiger partial charge in [-0.25, -0.2) is 0 Å². The smallest absolute Gasteiger partial charge is 0.255 e. The van der Waals surface area contributed by atoms with Crippen LogP contribution in [0.2, 0.25) is 5.02 Å². The molecule has 1 heterocycles. The molecule has 114 valence electrons. The van der Waals surface area contributed by atoms with Gasteiger partial charge in [0.1, 0.15) is 6.17 Å². The summed E-state index contributed by atoms with van der Waals surface area (Å²) >= 11 is 6.00. The van der Waals surface area contributed by atoms with Gasteiger partial charge in [-0.2, -0.15) is 0 Å². The molecule has 22 heavy (non-hydrogen) atoms. The van der Waals surface area contributed by atoms with E-state index in [1.807, 2.05) is 12.1 Å². The van der Waals surface area contributed by atoms with Crippen LogP contribution in [-0.4, -0.2) is 20.1 Å². The lowest BCUT2D eigenvalue weighted by atomic mass is 10.1. The van der Waals surface area contributed by atoms with Gasteiger partial charge < -0.3 is 20.1 Å². The lowest BCUT2D eigenvalue weighted by Gasteiger charge is -2.28. The van der Waals surface area contributed by atoms with E-state index in [0.29, 0.717) is 27.8 Å². The molecular weight excluding hydrogens is 304 g/mol. The first-order chi connectivity index (χ1) is 10.6. The van der Waals surface area contributed by atoms with E-state index in [2.05, 4.69) is 10.6 Å². The quantitative estimate of drug-likeness (QED) is 0.912. The van der Waals surface area contributed by atoms with E-state index < -0.39 is 0 Å². The van der Waals surface area contributed by atoms with Gasteiger partial charge in [-0.3, -0.25) is 4.79 Å². The molecule has 2 N–H and O–H groups in total. The third-order valence-corrected chi connectivity index (χ3v) is 3.78. The summed E-state index contributed by atoms with van der Waals surface area (Å²) in [5.41, 5.74) is 2.13. The Hall–Kier alpha value is -2.40. The number of ether oxygens (including phenoxy) is 2. The fourth-order valence-electron chi connectivity index (χ4n) is 2.43. The molecule has 2 aromatic carbocycles. The highest BCUT2D eigenvalue weighted by Crippen LogP contribution is 2.33. The average molecular weight is 319 g/mol. The summed E-state index contributed by atoms with van der Waals surface area (Å²) < 4.78 is 10.5. The number of hydrogen-bond donors (Lipinski definition) is 2. The van der Waals surface area contributed by atoms with Crippen LogP contribution in [0.25, 0.3) is 0 Å². The predicted octanol–water partition coefficient (Wildman–Crippen LogP) is 3.21. The molecule has 0 aromatic heterocycles. The van der Waals surface area contributed by atoms with E-state index in [0.717, 1.165) is 5.56 Å². The summed E-state index contributed by atoms with van der Waals surface area (Å²) in [7, 11) is 3.15. The van der Waals surface area contributed by atoms with Gasteiger partial charge in [0, 0.05) is 5.02 Å². The SMILES string of the molecule is COc1ccc([C@H]2NC(=O)c3ccc(Cl)cc3N2)cc1OC. The van der Waals surface area contributed by atoms with Gasteiger partial charge in [0.25, 0.3) is 5.91 Å². The average Bonchev–Trinajstić information content (AvgIpc) is 2.53. The summed E-state index contributed by atoms with van der Waals surface area (Å²) in [6, 6.07) is 10.6. The molecule has 2 aromatic rings. The van der Waals surface area contributed by atoms with Crippen molar-refractivity contribution in [2.24, 2.45) is 0 Å². The standard InChI is InChI=1S/C16H15ClN2O3/c1-21-13-6-3-9(7-14(13)22-2)15-18-12-8-10(17)4-5-11(12)16(20)19-15/h3-8,15,18H,1-2H3,(H,19,20)/t15-/m1/s1. The van der Waals surface area contributed by atoms with Gasteiger partial charge in [0.05, 0.1) is 25.5 Å². The van der Waals surface area contributed by atoms with Crippen LogP contribution < -0.4 is 20.1 Å². The maximum absolute atomic E-state index is 12.2. The molecule has 6 heteroatoms. The zero-order valence-electron chi connectivity index (χ0n) is 12.1. The van der Waals surface area contributed by atoms with Crippen LogP contribution in [0.4, 0.5) is 5.69 Å². The molecule has 3 rings (SSSR count). The van der Waals surface area contributed by atoms with Crippen molar-refractivity contribution in [3.63, 3.8) is 0 Å². The number of methoxy groups -OCH3 is 2. The molecule has 0 spiro atoms. The summed E-state index contributed by atoms with van der Waals surface area (Å²) in [6.07, 6.45) is -0.363. The van der Waals surface area contributed by atoms with Crippen LogP contribution in [0, 0.1) is 0 Å². The number of benzene rings is 2. The van der Waals surface area contributed by atoms with Gasteiger partial charge in [-0.05, 0) is 35.9 Å². The first kappa shape index (κ1) is 14.5. The van der Waals surface area contributed by atoms with Crippen molar-refractivity contribution in [3.05, 3.63) is 52.5 Å². The Balaban J connectivity index is 1.95. The maximum atomic E-state index is 12.2. The number of anilines is 1. The lowest BCUT2D eigenvalue weighted by molar-refractivity contribution is 0.0935. The molecule has 0 fully saturated rings. The molecule has 0 aliphatic carbocycles. The Morgan fingerprint density at radius 3 is 2.50 bits per heavy atom. The largest absolute Gasteiger partial charge is 0.493 e. The van der Waals surface area contributed by atoms with Gasteiger partial charge in [0.15, 0.2) is 11.5 Å². The molecule has 0 bridgehead atoms. The molecule has 1 aliphatic rings. The van der Waals surface area contributed by atoms with Crippen LogP contribution >= 0.6 is 11.6 Å². The van der Waals surface area contributed by atoms with Crippen molar-refractivity contribution < 1.29 is 14.3 Å². The Kier molecular flexibility index (Phi) is 3.81. The zero-order chi connectivity index (χ0) is 15.7. The molecule has 5 nitrogen and oxygen atoms in total. The van der Waals surface area contributed by atoms with Gasteiger partial charge in [0.2, 0.25) is 0 Å².